The largest absolute Gasteiger partial charge is 0.308 e. The monoisotopic (exact) mass is 281 g/mol. The second-order valence-electron chi connectivity index (χ2n) is 4.65. The predicted molar refractivity (Wildman–Crippen MR) is 74.6 cm³/mol. The van der Waals surface area contributed by atoms with Crippen LogP contribution in [0.4, 0.5) is 4.39 Å². The van der Waals surface area contributed by atoms with Gasteiger partial charge in [0.25, 0.3) is 0 Å². The lowest BCUT2D eigenvalue weighted by atomic mass is 10.2. The van der Waals surface area contributed by atoms with E-state index < -0.39 is 0 Å². The number of hydrogen-bond donors (Lipinski definition) is 1. The maximum atomic E-state index is 13.2. The Labute approximate surface area is 117 Å². The Morgan fingerprint density at radius 1 is 1.26 bits per heavy atom. The molecule has 1 aromatic heterocycles. The van der Waals surface area contributed by atoms with Crippen molar-refractivity contribution in [3.8, 4) is 0 Å². The molecule has 0 fully saturated rings. The van der Waals surface area contributed by atoms with E-state index >= 15 is 0 Å². The van der Waals surface area contributed by atoms with Crippen molar-refractivity contribution in [1.82, 2.24) is 15.1 Å². The molecule has 0 unspecified atom stereocenters. The topological polar surface area (TPSA) is 29.9 Å². The maximum absolute atomic E-state index is 13.2. The molecule has 0 saturated carbocycles. The van der Waals surface area contributed by atoms with Crippen LogP contribution >= 0.6 is 11.6 Å². The third kappa shape index (κ3) is 3.33. The molecule has 0 saturated heterocycles. The lowest BCUT2D eigenvalue weighted by Gasteiger charge is -2.06. The van der Waals surface area contributed by atoms with Gasteiger partial charge in [0.2, 0.25) is 0 Å². The van der Waals surface area contributed by atoms with E-state index in [1.165, 1.54) is 17.7 Å². The molecule has 0 atom stereocenters. The van der Waals surface area contributed by atoms with Gasteiger partial charge in [-0.25, -0.2) is 4.39 Å². The molecule has 0 aliphatic rings. The lowest BCUT2D eigenvalue weighted by molar-refractivity contribution is 0.620. The minimum absolute atomic E-state index is 0.307. The molecule has 102 valence electrons. The van der Waals surface area contributed by atoms with Gasteiger partial charge < -0.3 is 5.32 Å². The summed E-state index contributed by atoms with van der Waals surface area (Å²) < 4.78 is 15.1. The number of nitrogens with zero attached hydrogens (tertiary/aromatic N) is 2. The van der Waals surface area contributed by atoms with Gasteiger partial charge in [0.05, 0.1) is 5.69 Å². The summed E-state index contributed by atoms with van der Waals surface area (Å²) in [5.74, 6) is -0.307. The second-order valence-corrected chi connectivity index (χ2v) is 5.09. The Balaban J connectivity index is 2.00. The fourth-order valence-electron chi connectivity index (χ4n) is 2.12. The summed E-state index contributed by atoms with van der Waals surface area (Å²) in [6, 6.07) is 4.56. The molecule has 0 bridgehead atoms. The Kier molecular flexibility index (Phi) is 4.22. The molecule has 0 aliphatic heterocycles. The van der Waals surface area contributed by atoms with Crippen LogP contribution in [0.5, 0.6) is 0 Å². The molecule has 0 amide bonds. The summed E-state index contributed by atoms with van der Waals surface area (Å²) in [7, 11) is 1.93. The molecular weight excluding hydrogens is 265 g/mol. The zero-order valence-electron chi connectivity index (χ0n) is 11.3. The molecule has 0 radical (unpaired) electrons. The zero-order valence-corrected chi connectivity index (χ0v) is 12.1. The smallest absolute Gasteiger partial charge is 0.125 e. The van der Waals surface area contributed by atoms with Gasteiger partial charge in [0.1, 0.15) is 5.82 Å². The first-order valence-electron chi connectivity index (χ1n) is 6.12. The maximum Gasteiger partial charge on any atom is 0.125 e. The summed E-state index contributed by atoms with van der Waals surface area (Å²) in [6.07, 6.45) is 0. The van der Waals surface area contributed by atoms with Gasteiger partial charge in [-0.3, -0.25) is 4.68 Å². The minimum Gasteiger partial charge on any atom is -0.308 e. The summed E-state index contributed by atoms with van der Waals surface area (Å²) in [6.45, 7) is 5.31. The van der Waals surface area contributed by atoms with Crippen LogP contribution in [0.1, 0.15) is 22.5 Å². The van der Waals surface area contributed by atoms with Crippen LogP contribution in [-0.2, 0) is 20.1 Å². The van der Waals surface area contributed by atoms with E-state index in [-0.39, 0.29) is 5.82 Å². The standard InChI is InChI=1S/C14H17ClFN3/c1-9-14(10(2)19(3)18-9)8-17-7-11-4-12(15)6-13(16)5-11/h4-6,17H,7-8H2,1-3H3. The molecule has 0 aliphatic carbocycles. The van der Waals surface area contributed by atoms with Crippen LogP contribution in [0.3, 0.4) is 0 Å². The summed E-state index contributed by atoms with van der Waals surface area (Å²) in [5.41, 5.74) is 4.18. The number of aromatic nitrogens is 2. The molecule has 2 aromatic rings. The molecule has 1 N–H and O–H groups in total. The first-order chi connectivity index (χ1) is 8.97. The van der Waals surface area contributed by atoms with E-state index in [9.17, 15) is 4.39 Å². The van der Waals surface area contributed by atoms with Crippen LogP contribution in [0.2, 0.25) is 5.02 Å². The van der Waals surface area contributed by atoms with E-state index in [4.69, 9.17) is 11.6 Å². The van der Waals surface area contributed by atoms with Crippen LogP contribution in [-0.4, -0.2) is 9.78 Å². The molecule has 0 spiro atoms. The van der Waals surface area contributed by atoms with Crippen molar-refractivity contribution in [2.45, 2.75) is 26.9 Å². The summed E-state index contributed by atoms with van der Waals surface area (Å²) in [5, 5.41) is 8.07. The van der Waals surface area contributed by atoms with Crippen molar-refractivity contribution in [2.75, 3.05) is 0 Å². The average molecular weight is 282 g/mol. The van der Waals surface area contributed by atoms with Gasteiger partial charge in [-0.1, -0.05) is 11.6 Å². The summed E-state index contributed by atoms with van der Waals surface area (Å²) in [4.78, 5) is 0. The van der Waals surface area contributed by atoms with E-state index in [1.54, 1.807) is 6.07 Å². The average Bonchev–Trinajstić information content (AvgIpc) is 2.54. The normalized spacial score (nSPS) is 11.0. The number of halogens is 2. The highest BCUT2D eigenvalue weighted by molar-refractivity contribution is 6.30. The minimum atomic E-state index is -0.307. The molecule has 1 aromatic carbocycles. The Bertz CT molecular complexity index is 572. The first kappa shape index (κ1) is 14.0. The Morgan fingerprint density at radius 2 is 2.00 bits per heavy atom. The predicted octanol–water partition coefficient (Wildman–Crippen LogP) is 3.12. The molecule has 3 nitrogen and oxygen atoms in total. The molecule has 1 heterocycles. The number of hydrogen-bond acceptors (Lipinski definition) is 2. The van der Waals surface area contributed by atoms with E-state index in [2.05, 4.69) is 10.4 Å². The third-order valence-corrected chi connectivity index (χ3v) is 3.43. The number of benzene rings is 1. The summed E-state index contributed by atoms with van der Waals surface area (Å²) >= 11 is 5.82. The SMILES string of the molecule is Cc1nn(C)c(C)c1CNCc1cc(F)cc(Cl)c1. The van der Waals surface area contributed by atoms with Crippen LogP contribution in [0, 0.1) is 19.7 Å². The van der Waals surface area contributed by atoms with Crippen LogP contribution in [0.15, 0.2) is 18.2 Å². The fourth-order valence-corrected chi connectivity index (χ4v) is 2.36. The van der Waals surface area contributed by atoms with Crippen molar-refractivity contribution < 1.29 is 4.39 Å². The number of rotatable bonds is 4. The van der Waals surface area contributed by atoms with Crippen molar-refractivity contribution in [1.29, 1.82) is 0 Å². The van der Waals surface area contributed by atoms with Crippen LogP contribution in [0.25, 0.3) is 0 Å². The van der Waals surface area contributed by atoms with Gasteiger partial charge in [-0.2, -0.15) is 5.10 Å². The lowest BCUT2D eigenvalue weighted by Crippen LogP contribution is -2.14. The highest BCUT2D eigenvalue weighted by Gasteiger charge is 2.08. The van der Waals surface area contributed by atoms with Gasteiger partial charge in [0.15, 0.2) is 0 Å². The van der Waals surface area contributed by atoms with Gasteiger partial charge in [-0.15, -0.1) is 0 Å². The number of nitrogens with one attached hydrogen (secondary N) is 1. The Hall–Kier alpha value is -1.39. The van der Waals surface area contributed by atoms with Crippen molar-refractivity contribution >= 4 is 11.6 Å². The van der Waals surface area contributed by atoms with E-state index in [0.717, 1.165) is 17.0 Å². The van der Waals surface area contributed by atoms with Gasteiger partial charge >= 0.3 is 0 Å². The van der Waals surface area contributed by atoms with Crippen molar-refractivity contribution in [2.24, 2.45) is 7.05 Å². The van der Waals surface area contributed by atoms with Gasteiger partial charge in [0, 0.05) is 36.4 Å². The second kappa shape index (κ2) is 5.72. The molecular formula is C14H17ClFN3. The number of aryl methyl sites for hydroxylation is 2. The molecule has 5 heteroatoms. The van der Waals surface area contributed by atoms with Gasteiger partial charge in [-0.05, 0) is 37.6 Å². The van der Waals surface area contributed by atoms with Crippen molar-refractivity contribution in [3.63, 3.8) is 0 Å². The third-order valence-electron chi connectivity index (χ3n) is 3.21. The van der Waals surface area contributed by atoms with E-state index in [0.29, 0.717) is 18.1 Å². The molecule has 19 heavy (non-hydrogen) atoms. The van der Waals surface area contributed by atoms with Crippen molar-refractivity contribution in [3.05, 3.63) is 51.6 Å². The highest BCUT2D eigenvalue weighted by atomic mass is 35.5. The Morgan fingerprint density at radius 3 is 2.58 bits per heavy atom. The highest BCUT2D eigenvalue weighted by Crippen LogP contribution is 2.15. The fraction of sp³-hybridized carbons (Fsp3) is 0.357. The van der Waals surface area contributed by atoms with Crippen LogP contribution < -0.4 is 5.32 Å². The first-order valence-corrected chi connectivity index (χ1v) is 6.50. The quantitative estimate of drug-likeness (QED) is 0.933. The van der Waals surface area contributed by atoms with E-state index in [1.807, 2.05) is 25.6 Å². The zero-order chi connectivity index (χ0) is 14.0. The molecule has 2 rings (SSSR count).